The molecule has 23 heavy (non-hydrogen) atoms. The topological polar surface area (TPSA) is 36.5 Å². The molecule has 122 valence electrons. The lowest BCUT2D eigenvalue weighted by Crippen LogP contribution is -2.28. The Bertz CT molecular complexity index is 674. The molecule has 0 fully saturated rings. The van der Waals surface area contributed by atoms with Gasteiger partial charge in [0.25, 0.3) is 0 Å². The SMILES string of the molecule is COc1ccc(Cl)cc1NC(=S)NCc1ccc(N(C)C)cc1. The molecule has 0 radical (unpaired) electrons. The summed E-state index contributed by atoms with van der Waals surface area (Å²) in [5.74, 6) is 0.689. The Kier molecular flexibility index (Phi) is 6.07. The summed E-state index contributed by atoms with van der Waals surface area (Å²) in [6, 6.07) is 13.7. The van der Waals surface area contributed by atoms with Crippen LogP contribution in [0.25, 0.3) is 0 Å². The van der Waals surface area contributed by atoms with Crippen LogP contribution in [0.15, 0.2) is 42.5 Å². The Morgan fingerprint density at radius 3 is 2.48 bits per heavy atom. The maximum Gasteiger partial charge on any atom is 0.171 e. The molecule has 0 aliphatic heterocycles. The lowest BCUT2D eigenvalue weighted by molar-refractivity contribution is 0.417. The van der Waals surface area contributed by atoms with E-state index in [1.807, 2.05) is 14.1 Å². The van der Waals surface area contributed by atoms with Crippen molar-refractivity contribution in [1.82, 2.24) is 5.32 Å². The highest BCUT2D eigenvalue weighted by atomic mass is 35.5. The molecular formula is C17H20ClN3OS. The predicted molar refractivity (Wildman–Crippen MR) is 102 cm³/mol. The lowest BCUT2D eigenvalue weighted by atomic mass is 10.2. The second-order valence-corrected chi connectivity index (χ2v) is 6.06. The number of methoxy groups -OCH3 is 1. The number of anilines is 2. The molecule has 0 unspecified atom stereocenters. The van der Waals surface area contributed by atoms with Crippen LogP contribution in [-0.4, -0.2) is 26.3 Å². The van der Waals surface area contributed by atoms with Crippen LogP contribution in [0.3, 0.4) is 0 Å². The van der Waals surface area contributed by atoms with Gasteiger partial charge in [0.05, 0.1) is 12.8 Å². The molecule has 0 aliphatic carbocycles. The second-order valence-electron chi connectivity index (χ2n) is 5.21. The van der Waals surface area contributed by atoms with Crippen molar-refractivity contribution in [2.45, 2.75) is 6.54 Å². The first-order chi connectivity index (χ1) is 11.0. The monoisotopic (exact) mass is 349 g/mol. The van der Waals surface area contributed by atoms with Crippen molar-refractivity contribution in [2.75, 3.05) is 31.4 Å². The molecule has 0 aliphatic rings. The molecule has 0 aromatic heterocycles. The average Bonchev–Trinajstić information content (AvgIpc) is 2.53. The normalized spacial score (nSPS) is 10.1. The molecule has 0 atom stereocenters. The van der Waals surface area contributed by atoms with Gasteiger partial charge < -0.3 is 20.3 Å². The van der Waals surface area contributed by atoms with E-state index in [1.165, 1.54) is 0 Å². The van der Waals surface area contributed by atoms with Gasteiger partial charge in [-0.15, -0.1) is 0 Å². The second kappa shape index (κ2) is 8.04. The minimum atomic E-state index is 0.516. The molecule has 2 rings (SSSR count). The van der Waals surface area contributed by atoms with Crippen molar-refractivity contribution in [3.8, 4) is 5.75 Å². The summed E-state index contributed by atoms with van der Waals surface area (Å²) < 4.78 is 5.29. The van der Waals surface area contributed by atoms with Crippen LogP contribution in [0.2, 0.25) is 5.02 Å². The fourth-order valence-electron chi connectivity index (χ4n) is 2.04. The number of nitrogens with zero attached hydrogens (tertiary/aromatic N) is 1. The standard InChI is InChI=1S/C17H20ClN3OS/c1-21(2)14-7-4-12(5-8-14)11-19-17(23)20-15-10-13(18)6-9-16(15)22-3/h4-10H,11H2,1-3H3,(H2,19,20,23). The molecule has 0 heterocycles. The lowest BCUT2D eigenvalue weighted by Gasteiger charge is -2.15. The quantitative estimate of drug-likeness (QED) is 0.801. The molecule has 0 saturated heterocycles. The van der Waals surface area contributed by atoms with E-state index >= 15 is 0 Å². The van der Waals surface area contributed by atoms with Gasteiger partial charge in [0, 0.05) is 31.4 Å². The van der Waals surface area contributed by atoms with Crippen LogP contribution in [0.1, 0.15) is 5.56 Å². The van der Waals surface area contributed by atoms with Crippen molar-refractivity contribution in [3.05, 3.63) is 53.1 Å². The Balaban J connectivity index is 1.94. The van der Waals surface area contributed by atoms with Crippen LogP contribution in [0, 0.1) is 0 Å². The molecular weight excluding hydrogens is 330 g/mol. The van der Waals surface area contributed by atoms with Crippen molar-refractivity contribution in [2.24, 2.45) is 0 Å². The molecule has 6 heteroatoms. The molecule has 2 N–H and O–H groups in total. The maximum absolute atomic E-state index is 6.01. The number of hydrogen-bond donors (Lipinski definition) is 2. The number of benzene rings is 2. The van der Waals surface area contributed by atoms with Crippen LogP contribution in [0.4, 0.5) is 11.4 Å². The Morgan fingerprint density at radius 2 is 1.87 bits per heavy atom. The van der Waals surface area contributed by atoms with Gasteiger partial charge in [0.2, 0.25) is 0 Å². The fraction of sp³-hybridized carbons (Fsp3) is 0.235. The van der Waals surface area contributed by atoms with Crippen molar-refractivity contribution in [1.29, 1.82) is 0 Å². The summed E-state index contributed by atoms with van der Waals surface area (Å²) in [7, 11) is 5.65. The fourth-order valence-corrected chi connectivity index (χ4v) is 2.39. The number of thiocarbonyl (C=S) groups is 1. The van der Waals surface area contributed by atoms with Gasteiger partial charge in [0.15, 0.2) is 5.11 Å². The van der Waals surface area contributed by atoms with Gasteiger partial charge in [-0.05, 0) is 48.1 Å². The molecule has 0 bridgehead atoms. The third kappa shape index (κ3) is 5.01. The maximum atomic E-state index is 6.01. The van der Waals surface area contributed by atoms with Crippen molar-refractivity contribution < 1.29 is 4.74 Å². The van der Waals surface area contributed by atoms with Gasteiger partial charge >= 0.3 is 0 Å². The van der Waals surface area contributed by atoms with E-state index < -0.39 is 0 Å². The summed E-state index contributed by atoms with van der Waals surface area (Å²) in [5, 5.41) is 7.42. The first-order valence-electron chi connectivity index (χ1n) is 7.14. The molecule has 2 aromatic rings. The summed E-state index contributed by atoms with van der Waals surface area (Å²) in [4.78, 5) is 2.06. The van der Waals surface area contributed by atoms with E-state index in [0.717, 1.165) is 16.9 Å². The van der Waals surface area contributed by atoms with Crippen molar-refractivity contribution in [3.63, 3.8) is 0 Å². The number of hydrogen-bond acceptors (Lipinski definition) is 3. The zero-order chi connectivity index (χ0) is 16.8. The van der Waals surface area contributed by atoms with Crippen LogP contribution in [-0.2, 0) is 6.54 Å². The van der Waals surface area contributed by atoms with Gasteiger partial charge in [-0.25, -0.2) is 0 Å². The highest BCUT2D eigenvalue weighted by molar-refractivity contribution is 7.80. The van der Waals surface area contributed by atoms with Crippen LogP contribution in [0.5, 0.6) is 5.75 Å². The predicted octanol–water partition coefficient (Wildman–Crippen LogP) is 3.90. The number of nitrogens with one attached hydrogen (secondary N) is 2. The summed E-state index contributed by atoms with van der Waals surface area (Å²) in [5.41, 5.74) is 3.05. The molecule has 0 spiro atoms. The Hall–Kier alpha value is -1.98. The molecule has 4 nitrogen and oxygen atoms in total. The number of halogens is 1. The van der Waals surface area contributed by atoms with E-state index in [2.05, 4.69) is 39.8 Å². The first kappa shape index (κ1) is 17.4. The van der Waals surface area contributed by atoms with Gasteiger partial charge in [-0.1, -0.05) is 23.7 Å². The Morgan fingerprint density at radius 1 is 1.17 bits per heavy atom. The molecule has 0 amide bonds. The third-order valence-corrected chi connectivity index (χ3v) is 3.80. The van der Waals surface area contributed by atoms with Crippen molar-refractivity contribution >= 4 is 40.3 Å². The van der Waals surface area contributed by atoms with Gasteiger partial charge in [0.1, 0.15) is 5.75 Å². The third-order valence-electron chi connectivity index (χ3n) is 3.32. The largest absolute Gasteiger partial charge is 0.495 e. The highest BCUT2D eigenvalue weighted by Gasteiger charge is 2.06. The zero-order valence-electron chi connectivity index (χ0n) is 13.4. The van der Waals surface area contributed by atoms with Gasteiger partial charge in [-0.3, -0.25) is 0 Å². The number of ether oxygens (including phenoxy) is 1. The van der Waals surface area contributed by atoms with E-state index in [-0.39, 0.29) is 0 Å². The van der Waals surface area contributed by atoms with E-state index in [1.54, 1.807) is 25.3 Å². The summed E-state index contributed by atoms with van der Waals surface area (Å²) >= 11 is 11.3. The van der Waals surface area contributed by atoms with Gasteiger partial charge in [-0.2, -0.15) is 0 Å². The Labute approximate surface area is 147 Å². The van der Waals surface area contributed by atoms with E-state index in [0.29, 0.717) is 22.4 Å². The minimum Gasteiger partial charge on any atom is -0.495 e. The zero-order valence-corrected chi connectivity index (χ0v) is 15.0. The average molecular weight is 350 g/mol. The van der Waals surface area contributed by atoms with E-state index in [9.17, 15) is 0 Å². The molecule has 2 aromatic carbocycles. The minimum absolute atomic E-state index is 0.516. The first-order valence-corrected chi connectivity index (χ1v) is 7.93. The smallest absolute Gasteiger partial charge is 0.171 e. The van der Waals surface area contributed by atoms with E-state index in [4.69, 9.17) is 28.6 Å². The highest BCUT2D eigenvalue weighted by Crippen LogP contribution is 2.27. The number of rotatable bonds is 5. The molecule has 0 saturated carbocycles. The van der Waals surface area contributed by atoms with Crippen LogP contribution < -0.4 is 20.3 Å². The summed E-state index contributed by atoms with van der Waals surface area (Å²) in [6.45, 7) is 0.641. The van der Waals surface area contributed by atoms with Crippen LogP contribution >= 0.6 is 23.8 Å². The summed E-state index contributed by atoms with van der Waals surface area (Å²) in [6.07, 6.45) is 0.